The van der Waals surface area contributed by atoms with E-state index in [1.54, 1.807) is 6.20 Å². The highest BCUT2D eigenvalue weighted by molar-refractivity contribution is 14.1. The van der Waals surface area contributed by atoms with E-state index in [9.17, 15) is 4.79 Å². The summed E-state index contributed by atoms with van der Waals surface area (Å²) < 4.78 is 6.18. The van der Waals surface area contributed by atoms with Crippen LogP contribution in [0.15, 0.2) is 16.9 Å². The minimum atomic E-state index is -0.367. The van der Waals surface area contributed by atoms with Crippen LogP contribution >= 0.6 is 38.5 Å². The van der Waals surface area contributed by atoms with Gasteiger partial charge in [0.05, 0.1) is 17.1 Å². The third-order valence-electron chi connectivity index (χ3n) is 1.24. The van der Waals surface area contributed by atoms with Gasteiger partial charge in [0, 0.05) is 16.0 Å². The Labute approximate surface area is 91.8 Å². The molecule has 0 spiro atoms. The summed E-state index contributed by atoms with van der Waals surface area (Å²) in [4.78, 5) is 15.0. The van der Waals surface area contributed by atoms with Crippen molar-refractivity contribution in [3.63, 3.8) is 0 Å². The summed E-state index contributed by atoms with van der Waals surface area (Å²) in [7, 11) is 1.35. The van der Waals surface area contributed by atoms with Gasteiger partial charge in [-0.05, 0) is 38.5 Å². The van der Waals surface area contributed by atoms with Gasteiger partial charge in [-0.3, -0.25) is 4.98 Å². The molecule has 64 valence electrons. The van der Waals surface area contributed by atoms with Crippen molar-refractivity contribution in [2.75, 3.05) is 7.11 Å². The zero-order chi connectivity index (χ0) is 9.14. The maximum absolute atomic E-state index is 11.1. The third kappa shape index (κ3) is 1.95. The number of ether oxygens (including phenoxy) is 1. The molecule has 0 N–H and O–H groups in total. The van der Waals surface area contributed by atoms with Crippen LogP contribution in [0.3, 0.4) is 0 Å². The third-order valence-corrected chi connectivity index (χ3v) is 3.75. The largest absolute Gasteiger partial charge is 0.465 e. The summed E-state index contributed by atoms with van der Waals surface area (Å²) in [6, 6.07) is 0. The van der Waals surface area contributed by atoms with Crippen molar-refractivity contribution in [1.29, 1.82) is 0 Å². The number of hydrogen-bond acceptors (Lipinski definition) is 3. The first-order valence-electron chi connectivity index (χ1n) is 3.04. The second kappa shape index (κ2) is 4.18. The summed E-state index contributed by atoms with van der Waals surface area (Å²) in [6.45, 7) is 0. The molecule has 12 heavy (non-hydrogen) atoms. The van der Waals surface area contributed by atoms with Crippen molar-refractivity contribution in [3.8, 4) is 0 Å². The Balaban J connectivity index is 3.16. The first-order chi connectivity index (χ1) is 5.66. The number of hydrogen-bond donors (Lipinski definition) is 0. The minimum absolute atomic E-state index is 0.367. The van der Waals surface area contributed by atoms with Crippen LogP contribution in [0, 0.1) is 3.57 Å². The van der Waals surface area contributed by atoms with E-state index in [-0.39, 0.29) is 5.97 Å². The van der Waals surface area contributed by atoms with E-state index < -0.39 is 0 Å². The van der Waals surface area contributed by atoms with Gasteiger partial charge in [-0.2, -0.15) is 0 Å². The van der Waals surface area contributed by atoms with Gasteiger partial charge in [-0.1, -0.05) is 0 Å². The van der Waals surface area contributed by atoms with Crippen LogP contribution in [-0.2, 0) is 4.74 Å². The number of rotatable bonds is 1. The van der Waals surface area contributed by atoms with Gasteiger partial charge in [-0.25, -0.2) is 4.79 Å². The molecule has 1 aromatic rings. The van der Waals surface area contributed by atoms with Gasteiger partial charge in [-0.15, -0.1) is 0 Å². The second-order valence-corrected chi connectivity index (χ2v) is 3.91. The minimum Gasteiger partial charge on any atom is -0.465 e. The standard InChI is InChI=1S/C7H5BrINO2/c1-12-7(11)4-2-10-3-5(8)6(4)9/h2-3H,1H3. The highest BCUT2D eigenvalue weighted by Gasteiger charge is 2.11. The number of halogens is 2. The lowest BCUT2D eigenvalue weighted by Crippen LogP contribution is -2.04. The molecule has 0 amide bonds. The molecule has 1 rings (SSSR count). The lowest BCUT2D eigenvalue weighted by Gasteiger charge is -2.01. The van der Waals surface area contributed by atoms with E-state index in [1.807, 2.05) is 0 Å². The van der Waals surface area contributed by atoms with Crippen molar-refractivity contribution < 1.29 is 9.53 Å². The fraction of sp³-hybridized carbons (Fsp3) is 0.143. The van der Waals surface area contributed by atoms with E-state index in [0.29, 0.717) is 5.56 Å². The highest BCUT2D eigenvalue weighted by atomic mass is 127. The van der Waals surface area contributed by atoms with E-state index in [0.717, 1.165) is 8.04 Å². The molecule has 0 atom stereocenters. The molecule has 1 aromatic heterocycles. The summed E-state index contributed by atoms with van der Waals surface area (Å²) in [5, 5.41) is 0. The molecule has 0 saturated heterocycles. The van der Waals surface area contributed by atoms with Crippen LogP contribution in [0.1, 0.15) is 10.4 Å². The number of nitrogens with zero attached hydrogens (tertiary/aromatic N) is 1. The molecule has 0 aliphatic rings. The molecule has 0 bridgehead atoms. The van der Waals surface area contributed by atoms with Crippen LogP contribution in [0.5, 0.6) is 0 Å². The lowest BCUT2D eigenvalue weighted by atomic mass is 10.3. The highest BCUT2D eigenvalue weighted by Crippen LogP contribution is 2.21. The number of carbonyl (C=O) groups is 1. The predicted molar refractivity (Wildman–Crippen MR) is 56.0 cm³/mol. The van der Waals surface area contributed by atoms with Gasteiger partial charge in [0.15, 0.2) is 0 Å². The molecule has 0 saturated carbocycles. The van der Waals surface area contributed by atoms with Crippen LogP contribution in [-0.4, -0.2) is 18.1 Å². The van der Waals surface area contributed by atoms with Crippen LogP contribution in [0.25, 0.3) is 0 Å². The number of esters is 1. The van der Waals surface area contributed by atoms with Crippen molar-refractivity contribution in [2.24, 2.45) is 0 Å². The Morgan fingerprint density at radius 1 is 1.67 bits per heavy atom. The molecule has 0 aromatic carbocycles. The Bertz CT molecular complexity index is 316. The zero-order valence-electron chi connectivity index (χ0n) is 6.17. The molecular formula is C7H5BrINO2. The summed E-state index contributed by atoms with van der Waals surface area (Å²) >= 11 is 5.32. The Hall–Kier alpha value is -0.170. The molecule has 0 unspecified atom stereocenters. The monoisotopic (exact) mass is 341 g/mol. The van der Waals surface area contributed by atoms with Crippen molar-refractivity contribution in [2.45, 2.75) is 0 Å². The maximum atomic E-state index is 11.1. The predicted octanol–water partition coefficient (Wildman–Crippen LogP) is 2.24. The average Bonchev–Trinajstić information content (AvgIpc) is 2.08. The summed E-state index contributed by atoms with van der Waals surface area (Å²) in [5.41, 5.74) is 0.479. The Morgan fingerprint density at radius 2 is 2.33 bits per heavy atom. The SMILES string of the molecule is COC(=O)c1cncc(Br)c1I. The van der Waals surface area contributed by atoms with Crippen LogP contribution in [0.4, 0.5) is 0 Å². The van der Waals surface area contributed by atoms with Crippen LogP contribution in [0.2, 0.25) is 0 Å². The Kier molecular flexibility index (Phi) is 3.45. The molecule has 5 heteroatoms. The van der Waals surface area contributed by atoms with E-state index in [4.69, 9.17) is 0 Å². The fourth-order valence-corrected chi connectivity index (χ4v) is 1.50. The molecule has 1 heterocycles. The molecule has 0 aliphatic carbocycles. The summed E-state index contributed by atoms with van der Waals surface area (Å²) in [6.07, 6.45) is 3.12. The molecule has 0 fully saturated rings. The van der Waals surface area contributed by atoms with Gasteiger partial charge in [0.2, 0.25) is 0 Å². The lowest BCUT2D eigenvalue weighted by molar-refractivity contribution is 0.0599. The molecular weight excluding hydrogens is 337 g/mol. The fourth-order valence-electron chi connectivity index (χ4n) is 0.672. The first-order valence-corrected chi connectivity index (χ1v) is 4.91. The van der Waals surface area contributed by atoms with E-state index >= 15 is 0 Å². The van der Waals surface area contributed by atoms with Crippen molar-refractivity contribution in [3.05, 3.63) is 26.0 Å². The smallest absolute Gasteiger partial charge is 0.340 e. The number of pyridine rings is 1. The van der Waals surface area contributed by atoms with Gasteiger partial charge in [0.1, 0.15) is 0 Å². The molecule has 0 aliphatic heterocycles. The van der Waals surface area contributed by atoms with Gasteiger partial charge in [0.25, 0.3) is 0 Å². The maximum Gasteiger partial charge on any atom is 0.340 e. The second-order valence-electron chi connectivity index (χ2n) is 1.97. The quantitative estimate of drug-likeness (QED) is 0.581. The van der Waals surface area contributed by atoms with Gasteiger partial charge >= 0.3 is 5.97 Å². The topological polar surface area (TPSA) is 39.2 Å². The zero-order valence-corrected chi connectivity index (χ0v) is 9.92. The molecule has 0 radical (unpaired) electrons. The van der Waals surface area contributed by atoms with Gasteiger partial charge < -0.3 is 4.74 Å². The Morgan fingerprint density at radius 3 is 2.92 bits per heavy atom. The number of methoxy groups -OCH3 is 1. The number of carbonyl (C=O) groups excluding carboxylic acids is 1. The number of aromatic nitrogens is 1. The average molecular weight is 342 g/mol. The summed E-state index contributed by atoms with van der Waals surface area (Å²) in [5.74, 6) is -0.367. The van der Waals surface area contributed by atoms with Crippen molar-refractivity contribution in [1.82, 2.24) is 4.98 Å². The van der Waals surface area contributed by atoms with E-state index in [1.165, 1.54) is 13.3 Å². The van der Waals surface area contributed by atoms with Crippen molar-refractivity contribution >= 4 is 44.5 Å². The van der Waals surface area contributed by atoms with E-state index in [2.05, 4.69) is 48.2 Å². The van der Waals surface area contributed by atoms with Crippen LogP contribution < -0.4 is 0 Å². The molecule has 3 nitrogen and oxygen atoms in total. The first kappa shape index (κ1) is 9.91. The normalized spacial score (nSPS) is 9.58.